The number of nitrogens with one attached hydrogen (secondary N) is 3. The van der Waals surface area contributed by atoms with Crippen molar-refractivity contribution in [2.45, 2.75) is 26.2 Å². The lowest BCUT2D eigenvalue weighted by atomic mass is 10.1. The highest BCUT2D eigenvalue weighted by molar-refractivity contribution is 7.92. The molecule has 174 valence electrons. The molecule has 0 atom stereocenters. The number of aryl methyl sites for hydroxylation is 2. The molecule has 1 aromatic carbocycles. The maximum absolute atomic E-state index is 13.2. The number of aromatic nitrogens is 4. The van der Waals surface area contributed by atoms with Gasteiger partial charge in [0.05, 0.1) is 35.5 Å². The Morgan fingerprint density at radius 1 is 1.21 bits per heavy atom. The molecule has 4 bridgehead atoms. The number of fused-ring (bicyclic) bond motifs is 6. The maximum atomic E-state index is 13.2. The standard InChI is InChI=1S/C21H25N7O4S/c1-14-10-19-25-20(30)17-6-5-16(27-33(31,32)9-8-29)11-18(17)28-13-15(12-23-28)4-2-3-7-22-21(24-14)26-19/h5-6,10-13,27,29H,2-4,7-9H2,1H3,(H2,22,24,25,26,30). The Morgan fingerprint density at radius 3 is 2.88 bits per heavy atom. The van der Waals surface area contributed by atoms with Gasteiger partial charge in [-0.2, -0.15) is 10.1 Å². The van der Waals surface area contributed by atoms with Gasteiger partial charge in [0, 0.05) is 24.5 Å². The van der Waals surface area contributed by atoms with Gasteiger partial charge in [0.1, 0.15) is 5.82 Å². The van der Waals surface area contributed by atoms with Crippen molar-refractivity contribution in [3.8, 4) is 5.69 Å². The number of aliphatic hydroxyl groups excluding tert-OH is 1. The molecule has 11 nitrogen and oxygen atoms in total. The van der Waals surface area contributed by atoms with E-state index in [9.17, 15) is 13.2 Å². The lowest BCUT2D eigenvalue weighted by molar-refractivity contribution is 0.102. The third-order valence-corrected chi connectivity index (χ3v) is 6.30. The number of hydrogen-bond donors (Lipinski definition) is 4. The molecule has 0 spiro atoms. The van der Waals surface area contributed by atoms with E-state index in [1.54, 1.807) is 16.9 Å². The summed E-state index contributed by atoms with van der Waals surface area (Å²) in [7, 11) is -3.73. The molecule has 4 N–H and O–H groups in total. The third-order valence-electron chi connectivity index (χ3n) is 5.03. The smallest absolute Gasteiger partial charge is 0.259 e. The van der Waals surface area contributed by atoms with E-state index in [1.807, 2.05) is 13.1 Å². The number of benzene rings is 1. The zero-order valence-electron chi connectivity index (χ0n) is 18.1. The van der Waals surface area contributed by atoms with Crippen LogP contribution in [0, 0.1) is 6.92 Å². The highest BCUT2D eigenvalue weighted by atomic mass is 32.2. The number of rotatable bonds is 4. The first-order valence-electron chi connectivity index (χ1n) is 10.5. The van der Waals surface area contributed by atoms with Crippen molar-refractivity contribution >= 4 is 33.4 Å². The summed E-state index contributed by atoms with van der Waals surface area (Å²) in [5, 5.41) is 19.4. The van der Waals surface area contributed by atoms with Crippen LogP contribution in [0.2, 0.25) is 0 Å². The van der Waals surface area contributed by atoms with Gasteiger partial charge in [0.15, 0.2) is 0 Å². The SMILES string of the molecule is Cc1cc2nc(n1)NCCCCc1cnn(c1)-c1cc(NS(=O)(=O)CCO)ccc1C(=O)N2. The summed E-state index contributed by atoms with van der Waals surface area (Å²) < 4.78 is 28.2. The van der Waals surface area contributed by atoms with Crippen molar-refractivity contribution in [2.75, 3.05) is 34.3 Å². The maximum Gasteiger partial charge on any atom is 0.259 e. The second-order valence-electron chi connectivity index (χ2n) is 7.73. The van der Waals surface area contributed by atoms with E-state index >= 15 is 0 Å². The van der Waals surface area contributed by atoms with E-state index in [4.69, 9.17) is 5.11 Å². The van der Waals surface area contributed by atoms with Crippen molar-refractivity contribution in [3.05, 3.63) is 53.5 Å². The molecule has 0 fully saturated rings. The van der Waals surface area contributed by atoms with Crippen molar-refractivity contribution in [1.29, 1.82) is 0 Å². The van der Waals surface area contributed by atoms with Crippen LogP contribution in [0.1, 0.15) is 34.5 Å². The molecule has 0 saturated carbocycles. The van der Waals surface area contributed by atoms with Gasteiger partial charge in [-0.15, -0.1) is 0 Å². The molecule has 3 heterocycles. The van der Waals surface area contributed by atoms with Crippen molar-refractivity contribution < 1.29 is 18.3 Å². The predicted octanol–water partition coefficient (Wildman–Crippen LogP) is 1.71. The summed E-state index contributed by atoms with van der Waals surface area (Å²) in [5.41, 5.74) is 2.65. The number of sulfonamides is 1. The van der Waals surface area contributed by atoms with Crippen molar-refractivity contribution in [3.63, 3.8) is 0 Å². The fraction of sp³-hybridized carbons (Fsp3) is 0.333. The summed E-state index contributed by atoms with van der Waals surface area (Å²) in [6.45, 7) is 2.02. The van der Waals surface area contributed by atoms with E-state index in [0.29, 0.717) is 29.7 Å². The molecule has 2 aromatic heterocycles. The fourth-order valence-electron chi connectivity index (χ4n) is 3.50. The molecular formula is C21H25N7O4S. The first-order chi connectivity index (χ1) is 15.8. The van der Waals surface area contributed by atoms with E-state index in [2.05, 4.69) is 30.4 Å². The van der Waals surface area contributed by atoms with E-state index in [-0.39, 0.29) is 11.3 Å². The van der Waals surface area contributed by atoms with Gasteiger partial charge >= 0.3 is 0 Å². The van der Waals surface area contributed by atoms with Crippen LogP contribution in [0.4, 0.5) is 17.5 Å². The molecule has 1 aliphatic heterocycles. The van der Waals surface area contributed by atoms with Gasteiger partial charge < -0.3 is 15.7 Å². The van der Waals surface area contributed by atoms with Crippen LogP contribution in [-0.2, 0) is 16.4 Å². The van der Waals surface area contributed by atoms with E-state index < -0.39 is 28.3 Å². The van der Waals surface area contributed by atoms with Crippen LogP contribution in [0.5, 0.6) is 0 Å². The van der Waals surface area contributed by atoms with Gasteiger partial charge in [-0.25, -0.2) is 18.1 Å². The number of nitrogens with zero attached hydrogens (tertiary/aromatic N) is 4. The van der Waals surface area contributed by atoms with Gasteiger partial charge in [-0.1, -0.05) is 0 Å². The lowest BCUT2D eigenvalue weighted by Gasteiger charge is -2.14. The van der Waals surface area contributed by atoms with Crippen LogP contribution in [-0.4, -0.2) is 58.1 Å². The molecule has 1 amide bonds. The molecule has 33 heavy (non-hydrogen) atoms. The molecule has 0 unspecified atom stereocenters. The lowest BCUT2D eigenvalue weighted by Crippen LogP contribution is -2.20. The molecule has 0 aliphatic carbocycles. The first-order valence-corrected chi connectivity index (χ1v) is 12.2. The third kappa shape index (κ3) is 5.65. The van der Waals surface area contributed by atoms with E-state index in [1.165, 1.54) is 18.2 Å². The minimum Gasteiger partial charge on any atom is -0.395 e. The monoisotopic (exact) mass is 471 g/mol. The minimum atomic E-state index is -3.73. The Labute approximate surface area is 191 Å². The highest BCUT2D eigenvalue weighted by Crippen LogP contribution is 2.23. The summed E-state index contributed by atoms with van der Waals surface area (Å²) >= 11 is 0. The molecule has 4 rings (SSSR count). The summed E-state index contributed by atoms with van der Waals surface area (Å²) in [6.07, 6.45) is 6.18. The Morgan fingerprint density at radius 2 is 2.06 bits per heavy atom. The Balaban J connectivity index is 1.76. The second kappa shape index (κ2) is 9.55. The Kier molecular flexibility index (Phi) is 6.56. The molecular weight excluding hydrogens is 446 g/mol. The zero-order valence-corrected chi connectivity index (χ0v) is 18.9. The Bertz CT molecular complexity index is 1270. The molecule has 1 aliphatic rings. The number of carbonyl (C=O) groups is 1. The van der Waals surface area contributed by atoms with E-state index in [0.717, 1.165) is 24.8 Å². The number of aliphatic hydroxyl groups is 1. The van der Waals surface area contributed by atoms with Crippen LogP contribution < -0.4 is 15.4 Å². The van der Waals surface area contributed by atoms with Gasteiger partial charge in [0.2, 0.25) is 16.0 Å². The van der Waals surface area contributed by atoms with Gasteiger partial charge in [-0.3, -0.25) is 9.52 Å². The average molecular weight is 472 g/mol. The van der Waals surface area contributed by atoms with Gasteiger partial charge in [0.25, 0.3) is 5.91 Å². The summed E-state index contributed by atoms with van der Waals surface area (Å²) in [5.74, 6) is -0.0598. The number of hydrogen-bond acceptors (Lipinski definition) is 8. The van der Waals surface area contributed by atoms with Crippen LogP contribution in [0.25, 0.3) is 5.69 Å². The summed E-state index contributed by atoms with van der Waals surface area (Å²) in [4.78, 5) is 21.9. The fourth-order valence-corrected chi connectivity index (χ4v) is 4.33. The van der Waals surface area contributed by atoms with Crippen LogP contribution in [0.15, 0.2) is 36.7 Å². The number of amides is 1. The van der Waals surface area contributed by atoms with Crippen LogP contribution in [0.3, 0.4) is 0 Å². The second-order valence-corrected chi connectivity index (χ2v) is 9.57. The summed E-state index contributed by atoms with van der Waals surface area (Å²) in [6, 6.07) is 6.22. The quantitative estimate of drug-likeness (QED) is 0.449. The highest BCUT2D eigenvalue weighted by Gasteiger charge is 2.18. The largest absolute Gasteiger partial charge is 0.395 e. The molecule has 12 heteroatoms. The average Bonchev–Trinajstić information content (AvgIpc) is 3.21. The molecule has 0 radical (unpaired) electrons. The molecule has 0 saturated heterocycles. The number of carbonyl (C=O) groups excluding carboxylic acids is 1. The van der Waals surface area contributed by atoms with Gasteiger partial charge in [-0.05, 0) is 49.9 Å². The van der Waals surface area contributed by atoms with Crippen molar-refractivity contribution in [2.24, 2.45) is 0 Å². The first kappa shape index (κ1) is 22.7. The normalized spacial score (nSPS) is 14.3. The Hall–Kier alpha value is -3.51. The number of anilines is 3. The minimum absolute atomic E-state index is 0.259. The topological polar surface area (TPSA) is 151 Å². The van der Waals surface area contributed by atoms with Crippen LogP contribution >= 0.6 is 0 Å². The molecule has 3 aromatic rings. The van der Waals surface area contributed by atoms with Crippen molar-refractivity contribution in [1.82, 2.24) is 19.7 Å². The zero-order chi connectivity index (χ0) is 23.4. The predicted molar refractivity (Wildman–Crippen MR) is 124 cm³/mol.